The van der Waals surface area contributed by atoms with E-state index >= 15 is 0 Å². The largest absolute Gasteiger partial charge is 0.290 e. The van der Waals surface area contributed by atoms with Crippen LogP contribution in [0.15, 0.2) is 40.8 Å². The summed E-state index contributed by atoms with van der Waals surface area (Å²) >= 11 is 0. The van der Waals surface area contributed by atoms with E-state index in [-0.39, 0.29) is 11.6 Å². The molecule has 5 heteroatoms. The number of benzene rings is 1. The summed E-state index contributed by atoms with van der Waals surface area (Å²) in [5, 5.41) is 0. The smallest absolute Gasteiger partial charge is 0.243 e. The molecule has 1 aromatic carbocycles. The lowest BCUT2D eigenvalue weighted by atomic mass is 9.68. The second-order valence-corrected chi connectivity index (χ2v) is 9.77. The van der Waals surface area contributed by atoms with Gasteiger partial charge in [0.05, 0.1) is 4.90 Å². The van der Waals surface area contributed by atoms with E-state index in [2.05, 4.69) is 11.0 Å². The van der Waals surface area contributed by atoms with Crippen molar-refractivity contribution < 1.29 is 8.42 Å². The van der Waals surface area contributed by atoms with Crippen molar-refractivity contribution in [2.75, 3.05) is 19.6 Å². The highest BCUT2D eigenvalue weighted by Crippen LogP contribution is 2.57. The van der Waals surface area contributed by atoms with Crippen LogP contribution in [0.1, 0.15) is 31.2 Å². The number of rotatable bonds is 2. The van der Waals surface area contributed by atoms with Crippen LogP contribution in [0.4, 0.5) is 0 Å². The van der Waals surface area contributed by atoms with Crippen LogP contribution in [-0.4, -0.2) is 48.8 Å². The minimum absolute atomic E-state index is 0.148. The molecule has 0 radical (unpaired) electrons. The van der Waals surface area contributed by atoms with Crippen molar-refractivity contribution in [2.24, 2.45) is 5.92 Å². The van der Waals surface area contributed by atoms with Crippen LogP contribution in [0.25, 0.3) is 0 Å². The molecule has 1 unspecified atom stereocenters. The lowest BCUT2D eigenvalue weighted by Crippen LogP contribution is -2.58. The molecule has 4 nitrogen and oxygen atoms in total. The maximum absolute atomic E-state index is 13.3. The van der Waals surface area contributed by atoms with E-state index in [4.69, 9.17) is 0 Å². The van der Waals surface area contributed by atoms with Crippen molar-refractivity contribution in [1.82, 2.24) is 9.21 Å². The van der Waals surface area contributed by atoms with Crippen LogP contribution in [0, 0.1) is 12.8 Å². The molecule has 4 atom stereocenters. The number of nitrogens with zero attached hydrogens (tertiary/aromatic N) is 2. The Morgan fingerprint density at radius 2 is 2.00 bits per heavy atom. The van der Waals surface area contributed by atoms with Crippen molar-refractivity contribution in [2.45, 2.75) is 49.1 Å². The van der Waals surface area contributed by atoms with Crippen molar-refractivity contribution in [3.8, 4) is 0 Å². The summed E-state index contributed by atoms with van der Waals surface area (Å²) in [6.45, 7) is 4.89. The Morgan fingerprint density at radius 3 is 2.79 bits per heavy atom. The van der Waals surface area contributed by atoms with Gasteiger partial charge in [-0.1, -0.05) is 29.3 Å². The Kier molecular flexibility index (Phi) is 3.10. The van der Waals surface area contributed by atoms with Gasteiger partial charge in [-0.25, -0.2) is 8.42 Å². The molecule has 2 saturated heterocycles. The molecule has 1 spiro atoms. The zero-order valence-corrected chi connectivity index (χ0v) is 14.9. The third-order valence-corrected chi connectivity index (χ3v) is 8.59. The van der Waals surface area contributed by atoms with Crippen LogP contribution < -0.4 is 0 Å². The van der Waals surface area contributed by atoms with Gasteiger partial charge in [-0.15, -0.1) is 0 Å². The topological polar surface area (TPSA) is 40.4 Å². The van der Waals surface area contributed by atoms with Gasteiger partial charge in [0.1, 0.15) is 0 Å². The molecule has 3 fully saturated rings. The first-order valence-electron chi connectivity index (χ1n) is 9.05. The fourth-order valence-corrected chi connectivity index (χ4v) is 7.06. The Labute approximate surface area is 144 Å². The Balaban J connectivity index is 1.54. The van der Waals surface area contributed by atoms with E-state index in [9.17, 15) is 8.42 Å². The van der Waals surface area contributed by atoms with E-state index in [1.165, 1.54) is 5.57 Å². The Bertz CT molecular complexity index is 814. The summed E-state index contributed by atoms with van der Waals surface area (Å²) in [6.07, 6.45) is 6.64. The maximum atomic E-state index is 13.3. The summed E-state index contributed by atoms with van der Waals surface area (Å²) in [5.41, 5.74) is 2.91. The molecule has 0 amide bonds. The third-order valence-electron chi connectivity index (χ3n) is 6.66. The predicted molar refractivity (Wildman–Crippen MR) is 93.2 cm³/mol. The monoisotopic (exact) mass is 344 g/mol. The lowest BCUT2D eigenvalue weighted by molar-refractivity contribution is 0.101. The highest BCUT2D eigenvalue weighted by Gasteiger charge is 2.65. The van der Waals surface area contributed by atoms with Gasteiger partial charge in [0.25, 0.3) is 0 Å². The summed E-state index contributed by atoms with van der Waals surface area (Å²) in [5.74, 6) is 0.425. The predicted octanol–water partition coefficient (Wildman–Crippen LogP) is 2.55. The maximum Gasteiger partial charge on any atom is 0.243 e. The lowest BCUT2D eigenvalue weighted by Gasteiger charge is -2.50. The van der Waals surface area contributed by atoms with Gasteiger partial charge in [-0.2, -0.15) is 4.31 Å². The van der Waals surface area contributed by atoms with Crippen LogP contribution >= 0.6 is 0 Å². The van der Waals surface area contributed by atoms with Gasteiger partial charge in [-0.3, -0.25) is 4.90 Å². The van der Waals surface area contributed by atoms with Gasteiger partial charge < -0.3 is 0 Å². The van der Waals surface area contributed by atoms with E-state index < -0.39 is 10.0 Å². The Morgan fingerprint density at radius 1 is 1.21 bits per heavy atom. The van der Waals surface area contributed by atoms with E-state index in [0.717, 1.165) is 44.3 Å². The number of hydrogen-bond acceptors (Lipinski definition) is 3. The highest BCUT2D eigenvalue weighted by atomic mass is 32.2. The average molecular weight is 344 g/mol. The number of hydrogen-bond donors (Lipinski definition) is 0. The standard InChI is InChI=1S/C19H24N2O2S/c1-14-5-7-16(8-6-14)24(22,23)21-12-10-19-13-20(19)11-9-15-3-2-4-17(21)18(15)19/h5-9,17-18H,2-4,10-13H2,1H3/t17-,18+,19-,20?/m1/s1. The van der Waals surface area contributed by atoms with Crippen LogP contribution in [0.3, 0.4) is 0 Å². The SMILES string of the molecule is Cc1ccc(S(=O)(=O)N2CC[C@]34CN3CC=C3CCC[C@@H]2[C@H]34)cc1. The first-order chi connectivity index (χ1) is 11.5. The van der Waals surface area contributed by atoms with Crippen molar-refractivity contribution in [3.63, 3.8) is 0 Å². The summed E-state index contributed by atoms with van der Waals surface area (Å²) in [7, 11) is -3.40. The molecular weight excluding hydrogens is 320 g/mol. The molecule has 4 aliphatic rings. The number of aryl methyl sites for hydroxylation is 1. The summed E-state index contributed by atoms with van der Waals surface area (Å²) in [6, 6.07) is 7.47. The summed E-state index contributed by atoms with van der Waals surface area (Å²) < 4.78 is 28.4. The molecule has 0 aromatic heterocycles. The summed E-state index contributed by atoms with van der Waals surface area (Å²) in [4.78, 5) is 3.00. The van der Waals surface area contributed by atoms with Crippen molar-refractivity contribution >= 4 is 10.0 Å². The van der Waals surface area contributed by atoms with Gasteiger partial charge in [0.15, 0.2) is 0 Å². The minimum Gasteiger partial charge on any atom is -0.290 e. The third kappa shape index (κ3) is 1.95. The molecule has 3 aliphatic heterocycles. The van der Waals surface area contributed by atoms with Gasteiger partial charge in [0, 0.05) is 37.1 Å². The fourth-order valence-electron chi connectivity index (χ4n) is 5.40. The molecule has 1 saturated carbocycles. The molecule has 0 N–H and O–H groups in total. The minimum atomic E-state index is -3.40. The van der Waals surface area contributed by atoms with Crippen molar-refractivity contribution in [3.05, 3.63) is 41.5 Å². The molecule has 1 aliphatic carbocycles. The normalized spacial score (nSPS) is 38.0. The zero-order chi connectivity index (χ0) is 16.5. The van der Waals surface area contributed by atoms with Gasteiger partial charge in [-0.05, 0) is 44.7 Å². The van der Waals surface area contributed by atoms with Crippen LogP contribution in [0.2, 0.25) is 0 Å². The first-order valence-corrected chi connectivity index (χ1v) is 10.5. The second kappa shape index (κ2) is 4.93. The molecule has 0 bridgehead atoms. The molecular formula is C19H24N2O2S. The number of sulfonamides is 1. The second-order valence-electron chi connectivity index (χ2n) is 7.88. The zero-order valence-electron chi connectivity index (χ0n) is 14.1. The van der Waals surface area contributed by atoms with Crippen LogP contribution in [-0.2, 0) is 10.0 Å². The fraction of sp³-hybridized carbons (Fsp3) is 0.579. The van der Waals surface area contributed by atoms with Gasteiger partial charge in [0.2, 0.25) is 10.0 Å². The van der Waals surface area contributed by atoms with E-state index in [1.54, 1.807) is 12.1 Å². The molecule has 5 rings (SSSR count). The molecule has 3 heterocycles. The molecule has 128 valence electrons. The molecule has 24 heavy (non-hydrogen) atoms. The molecule has 1 aromatic rings. The highest BCUT2D eigenvalue weighted by molar-refractivity contribution is 7.89. The van der Waals surface area contributed by atoms with E-state index in [1.807, 2.05) is 23.4 Å². The van der Waals surface area contributed by atoms with Crippen LogP contribution in [0.5, 0.6) is 0 Å². The van der Waals surface area contributed by atoms with Gasteiger partial charge >= 0.3 is 0 Å². The Hall–Kier alpha value is -1.17. The number of piperidine rings is 1. The average Bonchev–Trinajstić information content (AvgIpc) is 3.29. The first kappa shape index (κ1) is 15.1. The van der Waals surface area contributed by atoms with E-state index in [0.29, 0.717) is 17.4 Å². The quantitative estimate of drug-likeness (QED) is 0.611. The van der Waals surface area contributed by atoms with Crippen molar-refractivity contribution in [1.29, 1.82) is 0 Å².